The van der Waals surface area contributed by atoms with Gasteiger partial charge in [0, 0.05) is 5.69 Å². The highest BCUT2D eigenvalue weighted by Crippen LogP contribution is 2.35. The molecule has 1 aromatic carbocycles. The first-order valence-corrected chi connectivity index (χ1v) is 6.34. The Kier molecular flexibility index (Phi) is 4.97. The molecule has 2 nitrogen and oxygen atoms in total. The van der Waals surface area contributed by atoms with Crippen molar-refractivity contribution in [3.63, 3.8) is 0 Å². The van der Waals surface area contributed by atoms with Crippen LogP contribution in [0.5, 0.6) is 0 Å². The van der Waals surface area contributed by atoms with Crippen molar-refractivity contribution in [1.29, 1.82) is 0 Å². The smallest absolute Gasteiger partial charge is 0.417 e. The van der Waals surface area contributed by atoms with Crippen LogP contribution in [0.3, 0.4) is 0 Å². The molecule has 0 unspecified atom stereocenters. The van der Waals surface area contributed by atoms with E-state index in [1.165, 1.54) is 12.1 Å². The number of anilines is 1. The molecule has 1 aromatic rings. The van der Waals surface area contributed by atoms with Crippen LogP contribution in [0.25, 0.3) is 0 Å². The second kappa shape index (κ2) is 5.95. The Labute approximate surface area is 121 Å². The predicted molar refractivity (Wildman–Crippen MR) is 74.9 cm³/mol. The molecule has 0 saturated heterocycles. The summed E-state index contributed by atoms with van der Waals surface area (Å²) in [5.74, 6) is 0.494. The molecule has 0 bridgehead atoms. The summed E-state index contributed by atoms with van der Waals surface area (Å²) in [6.45, 7) is 9.67. The maximum absolute atomic E-state index is 12.5. The van der Waals surface area contributed by atoms with E-state index in [0.717, 1.165) is 6.07 Å². The molecule has 0 amide bonds. The Morgan fingerprint density at radius 1 is 1.30 bits per heavy atom. The van der Waals surface area contributed by atoms with Gasteiger partial charge in [0.15, 0.2) is 0 Å². The van der Waals surface area contributed by atoms with E-state index in [1.54, 1.807) is 0 Å². The van der Waals surface area contributed by atoms with Crippen LogP contribution in [-0.2, 0) is 10.9 Å². The van der Waals surface area contributed by atoms with Crippen LogP contribution in [0.4, 0.5) is 18.9 Å². The van der Waals surface area contributed by atoms with Crippen LogP contribution >= 0.6 is 11.6 Å². The summed E-state index contributed by atoms with van der Waals surface area (Å²) < 4.78 is 43.1. The Morgan fingerprint density at radius 2 is 1.90 bits per heavy atom. The summed E-state index contributed by atoms with van der Waals surface area (Å²) in [5, 5.41) is 2.57. The lowest BCUT2D eigenvalue weighted by Crippen LogP contribution is -2.21. The second-order valence-electron chi connectivity index (χ2n) is 5.30. The highest BCUT2D eigenvalue weighted by atomic mass is 35.5. The van der Waals surface area contributed by atoms with Crippen molar-refractivity contribution in [2.24, 2.45) is 0 Å². The van der Waals surface area contributed by atoms with Crippen molar-refractivity contribution in [2.45, 2.75) is 32.5 Å². The highest BCUT2D eigenvalue weighted by molar-refractivity contribution is 6.31. The maximum Gasteiger partial charge on any atom is 0.417 e. The number of hydrogen-bond donors (Lipinski definition) is 1. The molecule has 0 aromatic heterocycles. The standard InChI is InChI=1S/C14H17ClF3NO/c1-9(20-13(2,3)4)8-19-10-5-6-11(12(15)7-10)14(16,17)18/h5-7,19H,1,8H2,2-4H3. The first-order chi connectivity index (χ1) is 8.99. The van der Waals surface area contributed by atoms with Crippen LogP contribution in [0.2, 0.25) is 5.02 Å². The summed E-state index contributed by atoms with van der Waals surface area (Å²) in [5.41, 5.74) is -0.743. The third-order valence-electron chi connectivity index (χ3n) is 2.21. The van der Waals surface area contributed by atoms with E-state index in [1.807, 2.05) is 20.8 Å². The molecule has 0 fully saturated rings. The third kappa shape index (κ3) is 5.33. The lowest BCUT2D eigenvalue weighted by molar-refractivity contribution is -0.137. The van der Waals surface area contributed by atoms with E-state index in [2.05, 4.69) is 11.9 Å². The van der Waals surface area contributed by atoms with Gasteiger partial charge in [0.05, 0.1) is 17.1 Å². The summed E-state index contributed by atoms with van der Waals surface area (Å²) in [6, 6.07) is 3.49. The quantitative estimate of drug-likeness (QED) is 0.781. The van der Waals surface area contributed by atoms with Gasteiger partial charge in [0.2, 0.25) is 0 Å². The van der Waals surface area contributed by atoms with Gasteiger partial charge in [0.1, 0.15) is 11.4 Å². The molecule has 0 atom stereocenters. The molecule has 0 aliphatic heterocycles. The van der Waals surface area contributed by atoms with E-state index in [0.29, 0.717) is 18.0 Å². The van der Waals surface area contributed by atoms with E-state index in [-0.39, 0.29) is 10.6 Å². The maximum atomic E-state index is 12.5. The topological polar surface area (TPSA) is 21.3 Å². The average molecular weight is 308 g/mol. The average Bonchev–Trinajstić information content (AvgIpc) is 2.22. The summed E-state index contributed by atoms with van der Waals surface area (Å²) in [4.78, 5) is 0. The number of halogens is 4. The molecule has 20 heavy (non-hydrogen) atoms. The van der Waals surface area contributed by atoms with Gasteiger partial charge in [-0.15, -0.1) is 0 Å². The monoisotopic (exact) mass is 307 g/mol. The fraction of sp³-hybridized carbons (Fsp3) is 0.429. The minimum atomic E-state index is -4.45. The molecular weight excluding hydrogens is 291 g/mol. The van der Waals surface area contributed by atoms with Gasteiger partial charge in [0.25, 0.3) is 0 Å². The molecular formula is C14H17ClF3NO. The zero-order valence-electron chi connectivity index (χ0n) is 11.6. The third-order valence-corrected chi connectivity index (χ3v) is 2.53. The molecule has 0 aliphatic carbocycles. The lowest BCUT2D eigenvalue weighted by Gasteiger charge is -2.23. The van der Waals surface area contributed by atoms with Crippen molar-refractivity contribution < 1.29 is 17.9 Å². The highest BCUT2D eigenvalue weighted by Gasteiger charge is 2.33. The lowest BCUT2D eigenvalue weighted by atomic mass is 10.2. The predicted octanol–water partition coefficient (Wildman–Crippen LogP) is 5.10. The zero-order valence-corrected chi connectivity index (χ0v) is 12.3. The SMILES string of the molecule is C=C(CNc1ccc(C(F)(F)F)c(Cl)c1)OC(C)(C)C. The van der Waals surface area contributed by atoms with Crippen molar-refractivity contribution in [3.05, 3.63) is 41.1 Å². The van der Waals surface area contributed by atoms with Gasteiger partial charge in [-0.3, -0.25) is 0 Å². The van der Waals surface area contributed by atoms with Gasteiger partial charge in [-0.25, -0.2) is 0 Å². The van der Waals surface area contributed by atoms with Crippen LogP contribution in [0.15, 0.2) is 30.5 Å². The Morgan fingerprint density at radius 3 is 2.35 bits per heavy atom. The molecule has 0 spiro atoms. The van der Waals surface area contributed by atoms with Crippen molar-refractivity contribution in [2.75, 3.05) is 11.9 Å². The molecule has 6 heteroatoms. The van der Waals surface area contributed by atoms with Gasteiger partial charge in [-0.1, -0.05) is 18.2 Å². The first kappa shape index (κ1) is 16.7. The van der Waals surface area contributed by atoms with Crippen LogP contribution in [-0.4, -0.2) is 12.1 Å². The number of rotatable bonds is 4. The van der Waals surface area contributed by atoms with Gasteiger partial charge in [-0.05, 0) is 39.0 Å². The van der Waals surface area contributed by atoms with Gasteiger partial charge >= 0.3 is 6.18 Å². The minimum absolute atomic E-state index is 0.291. The van der Waals surface area contributed by atoms with Crippen LogP contribution in [0, 0.1) is 0 Å². The summed E-state index contributed by atoms with van der Waals surface area (Å²) >= 11 is 5.62. The van der Waals surface area contributed by atoms with Crippen molar-refractivity contribution in [1.82, 2.24) is 0 Å². The first-order valence-electron chi connectivity index (χ1n) is 5.96. The molecule has 0 heterocycles. The molecule has 112 valence electrons. The van der Waals surface area contributed by atoms with E-state index in [4.69, 9.17) is 16.3 Å². The van der Waals surface area contributed by atoms with E-state index >= 15 is 0 Å². The molecule has 0 saturated carbocycles. The number of nitrogens with one attached hydrogen (secondary N) is 1. The largest absolute Gasteiger partial charge is 0.491 e. The van der Waals surface area contributed by atoms with Crippen molar-refractivity contribution >= 4 is 17.3 Å². The Balaban J connectivity index is 2.67. The van der Waals surface area contributed by atoms with Crippen LogP contribution < -0.4 is 5.32 Å². The summed E-state index contributed by atoms with van der Waals surface area (Å²) in [7, 11) is 0. The fourth-order valence-electron chi connectivity index (χ4n) is 1.52. The van der Waals surface area contributed by atoms with Gasteiger partial charge in [-0.2, -0.15) is 13.2 Å². The zero-order chi connectivity index (χ0) is 15.6. The molecule has 0 aliphatic rings. The van der Waals surface area contributed by atoms with E-state index < -0.39 is 11.7 Å². The Hall–Kier alpha value is -1.36. The summed E-state index contributed by atoms with van der Waals surface area (Å²) in [6.07, 6.45) is -4.45. The number of alkyl halides is 3. The number of benzene rings is 1. The molecule has 1 N–H and O–H groups in total. The normalized spacial score (nSPS) is 12.2. The second-order valence-corrected chi connectivity index (χ2v) is 5.71. The molecule has 1 rings (SSSR count). The van der Waals surface area contributed by atoms with Crippen molar-refractivity contribution in [3.8, 4) is 0 Å². The van der Waals surface area contributed by atoms with Gasteiger partial charge < -0.3 is 10.1 Å². The Bertz CT molecular complexity index is 492. The number of hydrogen-bond acceptors (Lipinski definition) is 2. The fourth-order valence-corrected chi connectivity index (χ4v) is 1.81. The number of ether oxygens (including phenoxy) is 1. The molecule has 0 radical (unpaired) electrons. The van der Waals surface area contributed by atoms with Crippen LogP contribution in [0.1, 0.15) is 26.3 Å². The minimum Gasteiger partial charge on any atom is -0.491 e. The van der Waals surface area contributed by atoms with E-state index in [9.17, 15) is 13.2 Å².